The zero-order valence-electron chi connectivity index (χ0n) is 11.7. The van der Waals surface area contributed by atoms with Gasteiger partial charge in [-0.05, 0) is 55.3 Å². The highest BCUT2D eigenvalue weighted by Crippen LogP contribution is 2.25. The predicted octanol–water partition coefficient (Wildman–Crippen LogP) is 3.20. The van der Waals surface area contributed by atoms with Crippen LogP contribution in [0.2, 0.25) is 0 Å². The summed E-state index contributed by atoms with van der Waals surface area (Å²) in [5, 5.41) is 3.41. The first-order chi connectivity index (χ1) is 8.66. The average molecular weight is 246 g/mol. The fourth-order valence-corrected chi connectivity index (χ4v) is 2.74. The van der Waals surface area contributed by atoms with E-state index in [2.05, 4.69) is 43.4 Å². The predicted molar refractivity (Wildman–Crippen MR) is 77.7 cm³/mol. The van der Waals surface area contributed by atoms with Crippen LogP contribution in [0, 0.1) is 5.92 Å². The molecule has 0 aliphatic carbocycles. The van der Waals surface area contributed by atoms with Crippen LogP contribution >= 0.6 is 0 Å². The van der Waals surface area contributed by atoms with Crippen LogP contribution in [0.15, 0.2) is 24.3 Å². The third kappa shape index (κ3) is 3.56. The topological polar surface area (TPSA) is 38.0 Å². The molecule has 0 radical (unpaired) electrons. The summed E-state index contributed by atoms with van der Waals surface area (Å²) < 4.78 is 0. The second-order valence-electron chi connectivity index (χ2n) is 5.86. The van der Waals surface area contributed by atoms with Crippen LogP contribution in [0.25, 0.3) is 0 Å². The van der Waals surface area contributed by atoms with E-state index in [1.165, 1.54) is 24.0 Å². The molecule has 1 unspecified atom stereocenters. The maximum atomic E-state index is 6.33. The lowest BCUT2D eigenvalue weighted by Gasteiger charge is -2.25. The van der Waals surface area contributed by atoms with Crippen molar-refractivity contribution >= 4 is 0 Å². The van der Waals surface area contributed by atoms with Gasteiger partial charge in [0.05, 0.1) is 0 Å². The minimum atomic E-state index is 0.203. The van der Waals surface area contributed by atoms with Gasteiger partial charge in [-0.3, -0.25) is 0 Å². The van der Waals surface area contributed by atoms with Crippen molar-refractivity contribution in [3.05, 3.63) is 35.4 Å². The van der Waals surface area contributed by atoms with Crippen LogP contribution in [0.5, 0.6) is 0 Å². The molecule has 3 N–H and O–H groups in total. The van der Waals surface area contributed by atoms with Crippen molar-refractivity contribution in [1.29, 1.82) is 0 Å². The number of hydrogen-bond donors (Lipinski definition) is 2. The molecule has 0 aromatic heterocycles. The standard InChI is InChI=1S/C16H26N2/c1-12(2)14-3-5-15(6-4-14)16(17)11-13-7-9-18-10-8-13/h3-6,12-13,16,18H,7-11,17H2,1-2H3. The van der Waals surface area contributed by atoms with Crippen LogP contribution in [-0.2, 0) is 0 Å². The van der Waals surface area contributed by atoms with Crippen LogP contribution in [0.1, 0.15) is 56.2 Å². The summed E-state index contributed by atoms with van der Waals surface area (Å²) in [6.45, 7) is 6.77. The Hall–Kier alpha value is -0.860. The summed E-state index contributed by atoms with van der Waals surface area (Å²) in [4.78, 5) is 0. The molecule has 1 aromatic rings. The molecule has 1 atom stereocenters. The van der Waals surface area contributed by atoms with Gasteiger partial charge in [-0.2, -0.15) is 0 Å². The van der Waals surface area contributed by atoms with E-state index in [1.54, 1.807) is 0 Å². The van der Waals surface area contributed by atoms with Crippen molar-refractivity contribution in [1.82, 2.24) is 5.32 Å². The van der Waals surface area contributed by atoms with Crippen molar-refractivity contribution < 1.29 is 0 Å². The molecule has 2 rings (SSSR count). The van der Waals surface area contributed by atoms with E-state index >= 15 is 0 Å². The lowest BCUT2D eigenvalue weighted by Crippen LogP contribution is -2.29. The maximum absolute atomic E-state index is 6.33. The van der Waals surface area contributed by atoms with E-state index in [9.17, 15) is 0 Å². The van der Waals surface area contributed by atoms with Gasteiger partial charge in [-0.1, -0.05) is 38.1 Å². The summed E-state index contributed by atoms with van der Waals surface area (Å²) >= 11 is 0. The summed E-state index contributed by atoms with van der Waals surface area (Å²) in [6, 6.07) is 9.07. The summed E-state index contributed by atoms with van der Waals surface area (Å²) in [7, 11) is 0. The van der Waals surface area contributed by atoms with Crippen LogP contribution in [0.4, 0.5) is 0 Å². The molecule has 0 saturated carbocycles. The lowest BCUT2D eigenvalue weighted by atomic mass is 9.88. The summed E-state index contributed by atoms with van der Waals surface area (Å²) in [5.41, 5.74) is 9.02. The Morgan fingerprint density at radius 1 is 1.11 bits per heavy atom. The van der Waals surface area contributed by atoms with Gasteiger partial charge in [0.2, 0.25) is 0 Å². The van der Waals surface area contributed by atoms with Crippen molar-refractivity contribution in [2.45, 2.75) is 45.1 Å². The number of hydrogen-bond acceptors (Lipinski definition) is 2. The molecule has 1 aliphatic rings. The van der Waals surface area contributed by atoms with Crippen molar-refractivity contribution in [3.8, 4) is 0 Å². The zero-order chi connectivity index (χ0) is 13.0. The highest BCUT2D eigenvalue weighted by Gasteiger charge is 2.17. The SMILES string of the molecule is CC(C)c1ccc(C(N)CC2CCNCC2)cc1. The smallest absolute Gasteiger partial charge is 0.0297 e. The quantitative estimate of drug-likeness (QED) is 0.856. The molecule has 0 amide bonds. The van der Waals surface area contributed by atoms with E-state index in [1.807, 2.05) is 0 Å². The van der Waals surface area contributed by atoms with Gasteiger partial charge >= 0.3 is 0 Å². The Balaban J connectivity index is 1.93. The van der Waals surface area contributed by atoms with Crippen LogP contribution in [0.3, 0.4) is 0 Å². The third-order valence-electron chi connectivity index (χ3n) is 4.08. The normalized spacial score (nSPS) is 19.1. The monoisotopic (exact) mass is 246 g/mol. The molecule has 18 heavy (non-hydrogen) atoms. The Kier molecular flexibility index (Phi) is 4.79. The third-order valence-corrected chi connectivity index (χ3v) is 4.08. The maximum Gasteiger partial charge on any atom is 0.0297 e. The second-order valence-corrected chi connectivity index (χ2v) is 5.86. The van der Waals surface area contributed by atoms with Crippen molar-refractivity contribution in [2.75, 3.05) is 13.1 Å². The van der Waals surface area contributed by atoms with Gasteiger partial charge in [0.1, 0.15) is 0 Å². The second kappa shape index (κ2) is 6.35. The van der Waals surface area contributed by atoms with E-state index in [0.717, 1.165) is 25.4 Å². The van der Waals surface area contributed by atoms with E-state index in [-0.39, 0.29) is 6.04 Å². The fraction of sp³-hybridized carbons (Fsp3) is 0.625. The molecule has 1 aliphatic heterocycles. The number of nitrogens with two attached hydrogens (primary N) is 1. The highest BCUT2D eigenvalue weighted by molar-refractivity contribution is 5.26. The Bertz CT molecular complexity index is 350. The minimum absolute atomic E-state index is 0.203. The first-order valence-electron chi connectivity index (χ1n) is 7.23. The summed E-state index contributed by atoms with van der Waals surface area (Å²) in [6.07, 6.45) is 3.68. The van der Waals surface area contributed by atoms with Crippen LogP contribution in [-0.4, -0.2) is 13.1 Å². The molecule has 2 nitrogen and oxygen atoms in total. The Labute approximate surface area is 111 Å². The molecular weight excluding hydrogens is 220 g/mol. The van der Waals surface area contributed by atoms with Gasteiger partial charge in [0.15, 0.2) is 0 Å². The van der Waals surface area contributed by atoms with Gasteiger partial charge in [-0.15, -0.1) is 0 Å². The van der Waals surface area contributed by atoms with E-state index in [0.29, 0.717) is 5.92 Å². The molecule has 1 saturated heterocycles. The summed E-state index contributed by atoms with van der Waals surface area (Å²) in [5.74, 6) is 1.39. The van der Waals surface area contributed by atoms with E-state index < -0.39 is 0 Å². The fourth-order valence-electron chi connectivity index (χ4n) is 2.74. The molecular formula is C16H26N2. The molecule has 2 heteroatoms. The highest BCUT2D eigenvalue weighted by atomic mass is 14.9. The number of rotatable bonds is 4. The number of nitrogens with one attached hydrogen (secondary N) is 1. The zero-order valence-corrected chi connectivity index (χ0v) is 11.7. The minimum Gasteiger partial charge on any atom is -0.324 e. The molecule has 100 valence electrons. The first kappa shape index (κ1) is 13.6. The molecule has 1 aromatic carbocycles. The number of piperidine rings is 1. The molecule has 1 heterocycles. The van der Waals surface area contributed by atoms with Crippen molar-refractivity contribution in [2.24, 2.45) is 11.7 Å². The van der Waals surface area contributed by atoms with Crippen molar-refractivity contribution in [3.63, 3.8) is 0 Å². The first-order valence-corrected chi connectivity index (χ1v) is 7.23. The van der Waals surface area contributed by atoms with Gasteiger partial charge < -0.3 is 11.1 Å². The van der Waals surface area contributed by atoms with Gasteiger partial charge in [0.25, 0.3) is 0 Å². The van der Waals surface area contributed by atoms with E-state index in [4.69, 9.17) is 5.73 Å². The number of benzene rings is 1. The average Bonchev–Trinajstić information content (AvgIpc) is 2.40. The largest absolute Gasteiger partial charge is 0.324 e. The molecule has 0 bridgehead atoms. The lowest BCUT2D eigenvalue weighted by molar-refractivity contribution is 0.333. The molecule has 1 fully saturated rings. The Morgan fingerprint density at radius 2 is 1.67 bits per heavy atom. The van der Waals surface area contributed by atoms with Gasteiger partial charge in [-0.25, -0.2) is 0 Å². The van der Waals surface area contributed by atoms with Crippen LogP contribution < -0.4 is 11.1 Å². The van der Waals surface area contributed by atoms with Gasteiger partial charge in [0, 0.05) is 6.04 Å². The molecule has 0 spiro atoms. The Morgan fingerprint density at radius 3 is 2.22 bits per heavy atom.